The molecule has 0 aliphatic carbocycles. The lowest BCUT2D eigenvalue weighted by molar-refractivity contribution is -0.136. The van der Waals surface area contributed by atoms with E-state index in [9.17, 15) is 22.0 Å². The predicted molar refractivity (Wildman–Crippen MR) is 117 cm³/mol. The fourth-order valence-electron chi connectivity index (χ4n) is 3.41. The van der Waals surface area contributed by atoms with Crippen LogP contribution in [0.1, 0.15) is 12.0 Å². The fraction of sp³-hybridized carbons (Fsp3) is 0.136. The van der Waals surface area contributed by atoms with Gasteiger partial charge >= 0.3 is 5.97 Å². The third kappa shape index (κ3) is 3.98. The number of rotatable bonds is 7. The van der Waals surface area contributed by atoms with Crippen LogP contribution in [0.3, 0.4) is 0 Å². The second-order valence-corrected chi connectivity index (χ2v) is 10.1. The molecule has 2 heterocycles. The molecule has 1 N–H and O–H groups in total. The normalized spacial score (nSPS) is 11.7. The molecular formula is C22H17F2NO5S2. The molecule has 0 spiro atoms. The fourth-order valence-corrected chi connectivity index (χ4v) is 6.19. The number of benzene rings is 2. The van der Waals surface area contributed by atoms with Gasteiger partial charge in [0.25, 0.3) is 10.0 Å². The van der Waals surface area contributed by atoms with Crippen molar-refractivity contribution < 1.29 is 31.8 Å². The van der Waals surface area contributed by atoms with Crippen molar-refractivity contribution in [1.82, 2.24) is 3.97 Å². The van der Waals surface area contributed by atoms with Crippen LogP contribution in [0.2, 0.25) is 0 Å². The molecule has 0 bridgehead atoms. The van der Waals surface area contributed by atoms with Crippen LogP contribution in [-0.4, -0.2) is 30.6 Å². The number of carboxylic acid groups (broad SMARTS) is 1. The molecule has 0 saturated heterocycles. The summed E-state index contributed by atoms with van der Waals surface area (Å²) in [5.41, 5.74) is 1.16. The monoisotopic (exact) mass is 477 g/mol. The van der Waals surface area contributed by atoms with Crippen molar-refractivity contribution in [1.29, 1.82) is 0 Å². The lowest BCUT2D eigenvalue weighted by Crippen LogP contribution is -2.10. The van der Waals surface area contributed by atoms with Crippen molar-refractivity contribution in [3.05, 3.63) is 71.9 Å². The Kier molecular flexibility index (Phi) is 5.74. The number of nitrogens with zero attached hydrogens (tertiary/aromatic N) is 1. The minimum atomic E-state index is -4.06. The van der Waals surface area contributed by atoms with E-state index in [4.69, 9.17) is 9.84 Å². The first-order valence-electron chi connectivity index (χ1n) is 9.41. The van der Waals surface area contributed by atoms with Gasteiger partial charge in [0.1, 0.15) is 10.0 Å². The van der Waals surface area contributed by atoms with Gasteiger partial charge in [-0.1, -0.05) is 0 Å². The number of ether oxygens (including phenoxy) is 1. The Bertz CT molecular complexity index is 1440. The van der Waals surface area contributed by atoms with Crippen LogP contribution in [0.5, 0.6) is 5.75 Å². The second kappa shape index (κ2) is 8.36. The van der Waals surface area contributed by atoms with Crippen molar-refractivity contribution in [2.24, 2.45) is 0 Å². The van der Waals surface area contributed by atoms with E-state index >= 15 is 0 Å². The van der Waals surface area contributed by atoms with Crippen LogP contribution >= 0.6 is 11.3 Å². The van der Waals surface area contributed by atoms with E-state index in [1.54, 1.807) is 12.1 Å². The molecule has 0 aliphatic rings. The molecule has 166 valence electrons. The first-order valence-corrected chi connectivity index (χ1v) is 11.7. The number of hydrogen-bond donors (Lipinski definition) is 1. The molecule has 32 heavy (non-hydrogen) atoms. The van der Waals surface area contributed by atoms with Crippen LogP contribution in [0, 0.1) is 11.6 Å². The number of halogens is 2. The van der Waals surface area contributed by atoms with Gasteiger partial charge in [-0.15, -0.1) is 11.3 Å². The molecule has 6 nitrogen and oxygen atoms in total. The molecule has 4 rings (SSSR count). The molecule has 0 amide bonds. The maximum Gasteiger partial charge on any atom is 0.303 e. The number of carboxylic acids is 1. The lowest BCUT2D eigenvalue weighted by atomic mass is 10.1. The Balaban J connectivity index is 1.77. The summed E-state index contributed by atoms with van der Waals surface area (Å²) in [6.45, 7) is 0. The van der Waals surface area contributed by atoms with Gasteiger partial charge in [-0.3, -0.25) is 4.79 Å². The van der Waals surface area contributed by atoms with Crippen LogP contribution in [0.4, 0.5) is 8.78 Å². The van der Waals surface area contributed by atoms with Crippen LogP contribution in [-0.2, 0) is 21.2 Å². The van der Waals surface area contributed by atoms with Crippen molar-refractivity contribution in [3.63, 3.8) is 0 Å². The molecular weight excluding hydrogens is 460 g/mol. The first-order chi connectivity index (χ1) is 15.2. The molecule has 0 aliphatic heterocycles. The Morgan fingerprint density at radius 3 is 2.59 bits per heavy atom. The van der Waals surface area contributed by atoms with Gasteiger partial charge in [-0.05, 0) is 66.1 Å². The summed E-state index contributed by atoms with van der Waals surface area (Å²) in [6, 6.07) is 11.0. The molecule has 0 unspecified atom stereocenters. The van der Waals surface area contributed by atoms with Crippen LogP contribution in [0.15, 0.2) is 58.9 Å². The number of carbonyl (C=O) groups is 1. The molecule has 0 fully saturated rings. The third-order valence-corrected chi connectivity index (χ3v) is 8.23. The average Bonchev–Trinajstić information content (AvgIpc) is 3.38. The topological polar surface area (TPSA) is 85.6 Å². The maximum atomic E-state index is 14.1. The number of aliphatic carboxylic acids is 1. The summed E-state index contributed by atoms with van der Waals surface area (Å²) in [5, 5.41) is 9.31. The number of aromatic nitrogens is 1. The largest absolute Gasteiger partial charge is 0.494 e. The summed E-state index contributed by atoms with van der Waals surface area (Å²) in [7, 11) is -2.71. The highest BCUT2D eigenvalue weighted by atomic mass is 32.2. The van der Waals surface area contributed by atoms with Crippen LogP contribution in [0.25, 0.3) is 21.3 Å². The Morgan fingerprint density at radius 1 is 1.12 bits per heavy atom. The maximum absolute atomic E-state index is 14.1. The zero-order valence-corrected chi connectivity index (χ0v) is 18.3. The second-order valence-electron chi connectivity index (χ2n) is 6.98. The highest BCUT2D eigenvalue weighted by molar-refractivity contribution is 7.92. The highest BCUT2D eigenvalue weighted by Gasteiger charge is 2.24. The minimum Gasteiger partial charge on any atom is -0.494 e. The van der Waals surface area contributed by atoms with Crippen molar-refractivity contribution in [2.75, 3.05) is 7.11 Å². The smallest absolute Gasteiger partial charge is 0.303 e. The average molecular weight is 478 g/mol. The molecule has 2 aromatic heterocycles. The Labute approximate surface area is 186 Å². The standard InChI is InChI=1S/C22H17F2NO5S2/c1-30-19-6-2-13(10-17(19)24)20-7-9-22(31-20)32(28,29)25-12-14(3-8-21(26)27)16-11-15(23)4-5-18(16)25/h2,4-7,9-12H,3,8H2,1H3,(H,26,27). The number of aryl methyl sites for hydroxylation is 1. The van der Waals surface area contributed by atoms with Gasteiger partial charge in [-0.25, -0.2) is 12.8 Å². The summed E-state index contributed by atoms with van der Waals surface area (Å²) in [6.07, 6.45) is 1.16. The highest BCUT2D eigenvalue weighted by Crippen LogP contribution is 2.35. The molecule has 0 atom stereocenters. The zero-order valence-electron chi connectivity index (χ0n) is 16.7. The van der Waals surface area contributed by atoms with Gasteiger partial charge in [-0.2, -0.15) is 8.42 Å². The van der Waals surface area contributed by atoms with E-state index in [1.165, 1.54) is 43.6 Å². The van der Waals surface area contributed by atoms with E-state index in [2.05, 4.69) is 0 Å². The molecule has 4 aromatic rings. The van der Waals surface area contributed by atoms with E-state index in [1.807, 2.05) is 0 Å². The molecule has 10 heteroatoms. The number of fused-ring (bicyclic) bond motifs is 1. The van der Waals surface area contributed by atoms with E-state index in [0.29, 0.717) is 21.4 Å². The Morgan fingerprint density at radius 2 is 1.91 bits per heavy atom. The number of thiophene rings is 1. The van der Waals surface area contributed by atoms with E-state index < -0.39 is 27.6 Å². The summed E-state index contributed by atoms with van der Waals surface area (Å²) >= 11 is 0.965. The predicted octanol–water partition coefficient (Wildman–Crippen LogP) is 4.91. The van der Waals surface area contributed by atoms with Crippen LogP contribution < -0.4 is 4.74 Å². The number of hydrogen-bond acceptors (Lipinski definition) is 5. The summed E-state index contributed by atoms with van der Waals surface area (Å²) in [5.74, 6) is -2.08. The van der Waals surface area contributed by atoms with Gasteiger partial charge in [0.2, 0.25) is 0 Å². The SMILES string of the molecule is COc1ccc(-c2ccc(S(=O)(=O)n3cc(CCC(=O)O)c4cc(F)ccc43)s2)cc1F. The third-order valence-electron chi connectivity index (χ3n) is 4.95. The van der Waals surface area contributed by atoms with Gasteiger partial charge in [0, 0.05) is 22.9 Å². The first kappa shape index (κ1) is 22.0. The Hall–Kier alpha value is -3.24. The summed E-state index contributed by atoms with van der Waals surface area (Å²) < 4.78 is 60.6. The van der Waals surface area contributed by atoms with E-state index in [0.717, 1.165) is 21.4 Å². The molecule has 0 saturated carbocycles. The van der Waals surface area contributed by atoms with Crippen molar-refractivity contribution in [3.8, 4) is 16.2 Å². The quantitative estimate of drug-likeness (QED) is 0.409. The minimum absolute atomic E-state index is 0.00901. The number of methoxy groups -OCH3 is 1. The molecule has 2 aromatic carbocycles. The zero-order chi connectivity index (χ0) is 23.0. The van der Waals surface area contributed by atoms with Gasteiger partial charge in [0.05, 0.1) is 12.6 Å². The summed E-state index contributed by atoms with van der Waals surface area (Å²) in [4.78, 5) is 11.5. The van der Waals surface area contributed by atoms with Gasteiger partial charge < -0.3 is 9.84 Å². The van der Waals surface area contributed by atoms with Crippen molar-refractivity contribution in [2.45, 2.75) is 17.1 Å². The van der Waals surface area contributed by atoms with Gasteiger partial charge in [0.15, 0.2) is 11.6 Å². The molecule has 0 radical (unpaired) electrons. The lowest BCUT2D eigenvalue weighted by Gasteiger charge is -2.06. The van der Waals surface area contributed by atoms with Crippen molar-refractivity contribution >= 4 is 38.2 Å². The van der Waals surface area contributed by atoms with E-state index in [-0.39, 0.29) is 28.3 Å².